The molecule has 7 heteroatoms. The second-order valence-corrected chi connectivity index (χ2v) is 10.8. The average molecular weight is 479 g/mol. The van der Waals surface area contributed by atoms with Gasteiger partial charge in [-0.05, 0) is 52.8 Å². The van der Waals surface area contributed by atoms with Crippen LogP contribution in [0.5, 0.6) is 0 Å². The van der Waals surface area contributed by atoms with E-state index in [-0.39, 0.29) is 36.8 Å². The Morgan fingerprint density at radius 1 is 1.00 bits per heavy atom. The van der Waals surface area contributed by atoms with Crippen molar-refractivity contribution in [3.8, 4) is 11.1 Å². The number of benzene rings is 2. The fraction of sp³-hybridized carbons (Fsp3) is 0.464. The molecule has 4 rings (SSSR count). The third kappa shape index (κ3) is 5.66. The molecule has 1 fully saturated rings. The normalized spacial score (nSPS) is 20.0. The molecule has 7 nitrogen and oxygen atoms in total. The molecule has 1 saturated carbocycles. The predicted molar refractivity (Wildman–Crippen MR) is 133 cm³/mol. The van der Waals surface area contributed by atoms with Gasteiger partial charge in [-0.2, -0.15) is 0 Å². The van der Waals surface area contributed by atoms with Crippen molar-refractivity contribution in [2.75, 3.05) is 6.61 Å². The van der Waals surface area contributed by atoms with Gasteiger partial charge in [0.2, 0.25) is 5.91 Å². The van der Waals surface area contributed by atoms with Gasteiger partial charge in [-0.1, -0.05) is 69.3 Å². The zero-order valence-corrected chi connectivity index (χ0v) is 20.5. The maximum Gasteiger partial charge on any atom is 0.407 e. The van der Waals surface area contributed by atoms with E-state index in [4.69, 9.17) is 4.74 Å². The van der Waals surface area contributed by atoms with Gasteiger partial charge in [0.05, 0.1) is 0 Å². The van der Waals surface area contributed by atoms with Gasteiger partial charge >= 0.3 is 12.1 Å². The van der Waals surface area contributed by atoms with E-state index < -0.39 is 23.5 Å². The molecule has 0 aromatic heterocycles. The van der Waals surface area contributed by atoms with Crippen LogP contribution in [0.4, 0.5) is 4.79 Å². The summed E-state index contributed by atoms with van der Waals surface area (Å²) in [6.45, 7) is 5.63. The van der Waals surface area contributed by atoms with E-state index in [9.17, 15) is 19.5 Å². The topological polar surface area (TPSA) is 105 Å². The van der Waals surface area contributed by atoms with Gasteiger partial charge in [-0.3, -0.25) is 4.79 Å². The number of carbonyl (C=O) groups is 3. The van der Waals surface area contributed by atoms with Crippen LogP contribution in [0.15, 0.2) is 48.5 Å². The Kier molecular flexibility index (Phi) is 7.15. The Labute approximate surface area is 206 Å². The molecule has 0 bridgehead atoms. The second kappa shape index (κ2) is 10.1. The van der Waals surface area contributed by atoms with Crippen molar-refractivity contribution >= 4 is 18.0 Å². The smallest absolute Gasteiger partial charge is 0.407 e. The lowest BCUT2D eigenvalue weighted by Gasteiger charge is -2.28. The number of aliphatic carboxylic acids is 1. The Morgan fingerprint density at radius 2 is 1.60 bits per heavy atom. The molecular formula is C28H34N2O5. The van der Waals surface area contributed by atoms with Gasteiger partial charge in [-0.15, -0.1) is 0 Å². The van der Waals surface area contributed by atoms with E-state index in [2.05, 4.69) is 34.9 Å². The lowest BCUT2D eigenvalue weighted by molar-refractivity contribution is -0.145. The van der Waals surface area contributed by atoms with E-state index in [1.165, 1.54) is 22.3 Å². The van der Waals surface area contributed by atoms with Crippen molar-refractivity contribution in [2.45, 2.75) is 64.5 Å². The van der Waals surface area contributed by atoms with Gasteiger partial charge in [0, 0.05) is 18.4 Å². The number of ether oxygens (including phenoxy) is 1. The van der Waals surface area contributed by atoms with Crippen molar-refractivity contribution in [2.24, 2.45) is 11.3 Å². The van der Waals surface area contributed by atoms with Crippen molar-refractivity contribution in [1.29, 1.82) is 0 Å². The average Bonchev–Trinajstić information content (AvgIpc) is 3.37. The quantitative estimate of drug-likeness (QED) is 0.535. The van der Waals surface area contributed by atoms with Crippen LogP contribution in [-0.2, 0) is 14.3 Å². The summed E-state index contributed by atoms with van der Waals surface area (Å²) in [7, 11) is 0. The SMILES string of the molecule is CC(C)(C)[C@@H](NC(=O)C[C@@H]1CC[C@H](NC(=O)OCC2c3ccccc3-c3ccccc32)C1)C(=O)O. The number of amides is 2. The highest BCUT2D eigenvalue weighted by Gasteiger charge is 2.35. The first-order chi connectivity index (χ1) is 16.6. The summed E-state index contributed by atoms with van der Waals surface area (Å²) in [6, 6.07) is 15.4. The van der Waals surface area contributed by atoms with Crippen molar-refractivity contribution in [3.63, 3.8) is 0 Å². The molecule has 3 atom stereocenters. The molecule has 0 radical (unpaired) electrons. The van der Waals surface area contributed by atoms with E-state index in [0.29, 0.717) is 6.42 Å². The van der Waals surface area contributed by atoms with Crippen LogP contribution < -0.4 is 10.6 Å². The number of carboxylic acid groups (broad SMARTS) is 1. The summed E-state index contributed by atoms with van der Waals surface area (Å²) in [5, 5.41) is 15.0. The summed E-state index contributed by atoms with van der Waals surface area (Å²) in [5.41, 5.74) is 4.13. The summed E-state index contributed by atoms with van der Waals surface area (Å²) < 4.78 is 5.64. The fourth-order valence-electron chi connectivity index (χ4n) is 5.33. The molecule has 2 aliphatic rings. The molecule has 0 unspecified atom stereocenters. The number of hydrogen-bond acceptors (Lipinski definition) is 4. The third-order valence-electron chi connectivity index (χ3n) is 7.10. The fourth-order valence-corrected chi connectivity index (χ4v) is 5.33. The summed E-state index contributed by atoms with van der Waals surface area (Å²) >= 11 is 0. The maximum absolute atomic E-state index is 12.6. The molecule has 0 aliphatic heterocycles. The molecule has 35 heavy (non-hydrogen) atoms. The number of carboxylic acids is 1. The van der Waals surface area contributed by atoms with E-state index in [1.807, 2.05) is 24.3 Å². The summed E-state index contributed by atoms with van der Waals surface area (Å²) in [4.78, 5) is 36.5. The van der Waals surface area contributed by atoms with Crippen LogP contribution in [0.1, 0.15) is 63.5 Å². The van der Waals surface area contributed by atoms with E-state index in [0.717, 1.165) is 12.8 Å². The minimum atomic E-state index is -1.04. The molecule has 2 aromatic carbocycles. The minimum Gasteiger partial charge on any atom is -0.480 e. The first-order valence-corrected chi connectivity index (χ1v) is 12.3. The number of rotatable bonds is 7. The molecule has 0 spiro atoms. The molecule has 2 amide bonds. The highest BCUT2D eigenvalue weighted by atomic mass is 16.5. The van der Waals surface area contributed by atoms with Gasteiger partial charge in [0.15, 0.2) is 0 Å². The molecule has 0 saturated heterocycles. The first kappa shape index (κ1) is 24.8. The minimum absolute atomic E-state index is 0.0122. The predicted octanol–water partition coefficient (Wildman–Crippen LogP) is 4.70. The summed E-state index contributed by atoms with van der Waals surface area (Å²) in [5.74, 6) is -1.19. The van der Waals surface area contributed by atoms with Crippen molar-refractivity contribution in [3.05, 3.63) is 59.7 Å². The van der Waals surface area contributed by atoms with Crippen LogP contribution in [0.25, 0.3) is 11.1 Å². The van der Waals surface area contributed by atoms with Gasteiger partial charge in [-0.25, -0.2) is 9.59 Å². The summed E-state index contributed by atoms with van der Waals surface area (Å²) in [6.07, 6.45) is 2.05. The van der Waals surface area contributed by atoms with Crippen LogP contribution >= 0.6 is 0 Å². The molecule has 3 N–H and O–H groups in total. The Hall–Kier alpha value is -3.35. The monoisotopic (exact) mass is 478 g/mol. The Bertz CT molecular complexity index is 1060. The zero-order chi connectivity index (χ0) is 25.2. The standard InChI is InChI=1S/C28H34N2O5/c1-28(2,3)25(26(32)33)30-24(31)15-17-12-13-18(14-17)29-27(34)35-16-23-21-10-6-4-8-19(21)20-9-5-7-11-22(20)23/h4-11,17-18,23,25H,12-16H2,1-3H3,(H,29,34)(H,30,31)(H,32,33)/t17-,18+,25+/m1/s1. The Balaban J connectivity index is 1.26. The van der Waals surface area contributed by atoms with E-state index >= 15 is 0 Å². The maximum atomic E-state index is 12.6. The largest absolute Gasteiger partial charge is 0.480 e. The number of carbonyl (C=O) groups excluding carboxylic acids is 2. The third-order valence-corrected chi connectivity index (χ3v) is 7.10. The number of alkyl carbamates (subject to hydrolysis) is 1. The van der Waals surface area contributed by atoms with Crippen LogP contribution in [0.2, 0.25) is 0 Å². The van der Waals surface area contributed by atoms with Crippen molar-refractivity contribution in [1.82, 2.24) is 10.6 Å². The highest BCUT2D eigenvalue weighted by molar-refractivity contribution is 5.84. The molecule has 2 aliphatic carbocycles. The van der Waals surface area contributed by atoms with Crippen LogP contribution in [0.3, 0.4) is 0 Å². The Morgan fingerprint density at radius 3 is 2.17 bits per heavy atom. The van der Waals surface area contributed by atoms with Gasteiger partial charge < -0.3 is 20.5 Å². The number of nitrogens with one attached hydrogen (secondary N) is 2. The molecule has 2 aromatic rings. The lowest BCUT2D eigenvalue weighted by Crippen LogP contribution is -2.49. The van der Waals surface area contributed by atoms with Crippen LogP contribution in [-0.4, -0.2) is 41.8 Å². The van der Waals surface area contributed by atoms with Gasteiger partial charge in [0.1, 0.15) is 12.6 Å². The molecular weight excluding hydrogens is 444 g/mol. The van der Waals surface area contributed by atoms with Crippen molar-refractivity contribution < 1.29 is 24.2 Å². The van der Waals surface area contributed by atoms with E-state index in [1.54, 1.807) is 20.8 Å². The second-order valence-electron chi connectivity index (χ2n) is 10.8. The number of hydrogen-bond donors (Lipinski definition) is 3. The zero-order valence-electron chi connectivity index (χ0n) is 20.5. The first-order valence-electron chi connectivity index (χ1n) is 12.3. The lowest BCUT2D eigenvalue weighted by atomic mass is 9.86. The number of fused-ring (bicyclic) bond motifs is 3. The highest BCUT2D eigenvalue weighted by Crippen LogP contribution is 2.44. The molecule has 186 valence electrons. The van der Waals surface area contributed by atoms with Gasteiger partial charge in [0.25, 0.3) is 0 Å². The molecule has 0 heterocycles. The van der Waals surface area contributed by atoms with Crippen LogP contribution in [0, 0.1) is 11.3 Å².